The predicted molar refractivity (Wildman–Crippen MR) is 91.9 cm³/mol. The number of benzene rings is 1. The Morgan fingerprint density at radius 2 is 2.09 bits per heavy atom. The van der Waals surface area contributed by atoms with Crippen molar-refractivity contribution in [2.24, 2.45) is 0 Å². The van der Waals surface area contributed by atoms with Crippen molar-refractivity contribution in [2.45, 2.75) is 13.0 Å². The Bertz CT molecular complexity index is 720. The maximum atomic E-state index is 13.2. The van der Waals surface area contributed by atoms with Gasteiger partial charge in [-0.25, -0.2) is 4.39 Å². The van der Waals surface area contributed by atoms with Gasteiger partial charge < -0.3 is 10.2 Å². The number of likely N-dealkylation sites (N-methyl/N-ethyl adjacent to an activating group) is 1. The van der Waals surface area contributed by atoms with Crippen LogP contribution in [0.1, 0.15) is 28.2 Å². The van der Waals surface area contributed by atoms with E-state index in [2.05, 4.69) is 21.2 Å². The molecule has 2 rings (SSSR count). The first-order chi connectivity index (χ1) is 10.9. The van der Waals surface area contributed by atoms with Crippen LogP contribution in [0.25, 0.3) is 0 Å². The van der Waals surface area contributed by atoms with Crippen LogP contribution in [-0.4, -0.2) is 30.3 Å². The highest BCUT2D eigenvalue weighted by molar-refractivity contribution is 9.11. The van der Waals surface area contributed by atoms with E-state index in [0.717, 1.165) is 3.79 Å². The van der Waals surface area contributed by atoms with E-state index in [0.29, 0.717) is 10.4 Å². The second-order valence-corrected chi connectivity index (χ2v) is 7.57. The van der Waals surface area contributed by atoms with Gasteiger partial charge in [0, 0.05) is 7.05 Å². The molecular formula is C16H16BrFN2O2S. The third-order valence-electron chi connectivity index (χ3n) is 3.24. The minimum Gasteiger partial charge on any atom is -0.348 e. The molecule has 4 nitrogen and oxygen atoms in total. The van der Waals surface area contributed by atoms with Gasteiger partial charge in [0.1, 0.15) is 5.82 Å². The van der Waals surface area contributed by atoms with Gasteiger partial charge in [0.2, 0.25) is 5.91 Å². The fourth-order valence-electron chi connectivity index (χ4n) is 2.05. The standard InChI is InChI=1S/C16H16BrFN2O2S/c1-10(11-4-3-5-12(18)8-11)19-15(21)9-20(2)16(22)13-6-7-14(17)23-13/h3-8,10H,9H2,1-2H3,(H,19,21)/t10-/m0/s1. The van der Waals surface area contributed by atoms with Crippen molar-refractivity contribution in [3.8, 4) is 0 Å². The van der Waals surface area contributed by atoms with Gasteiger partial charge in [-0.05, 0) is 52.7 Å². The molecular weight excluding hydrogens is 383 g/mol. The Morgan fingerprint density at radius 3 is 2.70 bits per heavy atom. The maximum Gasteiger partial charge on any atom is 0.264 e. The van der Waals surface area contributed by atoms with Crippen molar-refractivity contribution in [2.75, 3.05) is 13.6 Å². The molecule has 1 N–H and O–H groups in total. The van der Waals surface area contributed by atoms with Gasteiger partial charge in [-0.1, -0.05) is 12.1 Å². The molecule has 0 aliphatic rings. The third kappa shape index (κ3) is 4.87. The molecule has 1 atom stereocenters. The van der Waals surface area contributed by atoms with E-state index in [9.17, 15) is 14.0 Å². The maximum absolute atomic E-state index is 13.2. The van der Waals surface area contributed by atoms with Gasteiger partial charge in [0.05, 0.1) is 21.3 Å². The number of rotatable bonds is 5. The molecule has 2 aromatic rings. The molecule has 0 saturated carbocycles. The highest BCUT2D eigenvalue weighted by atomic mass is 79.9. The Balaban J connectivity index is 1.92. The fourth-order valence-corrected chi connectivity index (χ4v) is 3.43. The van der Waals surface area contributed by atoms with Crippen LogP contribution >= 0.6 is 27.3 Å². The fraction of sp³-hybridized carbons (Fsp3) is 0.250. The first-order valence-corrected chi connectivity index (χ1v) is 8.53. The minimum absolute atomic E-state index is 0.0615. The minimum atomic E-state index is -0.348. The van der Waals surface area contributed by atoms with Crippen molar-refractivity contribution in [1.82, 2.24) is 10.2 Å². The SMILES string of the molecule is C[C@H](NC(=O)CN(C)C(=O)c1ccc(Br)s1)c1cccc(F)c1. The van der Waals surface area contributed by atoms with Crippen molar-refractivity contribution in [3.63, 3.8) is 0 Å². The lowest BCUT2D eigenvalue weighted by Crippen LogP contribution is -2.39. The Hall–Kier alpha value is -1.73. The Kier molecular flexibility index (Phi) is 5.90. The summed E-state index contributed by atoms with van der Waals surface area (Å²) in [5.74, 6) is -0.860. The van der Waals surface area contributed by atoms with Crippen molar-refractivity contribution >= 4 is 39.1 Å². The molecule has 1 aromatic heterocycles. The van der Waals surface area contributed by atoms with Gasteiger partial charge in [-0.2, -0.15) is 0 Å². The van der Waals surface area contributed by atoms with Crippen LogP contribution in [0, 0.1) is 5.82 Å². The number of halogens is 2. The van der Waals surface area contributed by atoms with Crippen LogP contribution in [0.3, 0.4) is 0 Å². The Morgan fingerprint density at radius 1 is 1.35 bits per heavy atom. The summed E-state index contributed by atoms with van der Waals surface area (Å²) in [5, 5.41) is 2.76. The molecule has 0 aliphatic heterocycles. The normalized spacial score (nSPS) is 11.8. The van der Waals surface area contributed by atoms with Gasteiger partial charge in [0.25, 0.3) is 5.91 Å². The zero-order chi connectivity index (χ0) is 17.0. The van der Waals surface area contributed by atoms with Crippen molar-refractivity contribution < 1.29 is 14.0 Å². The number of hydrogen-bond acceptors (Lipinski definition) is 3. The van der Waals surface area contributed by atoms with Crippen LogP contribution in [0.2, 0.25) is 0 Å². The summed E-state index contributed by atoms with van der Waals surface area (Å²) in [7, 11) is 1.57. The van der Waals surface area contributed by atoms with E-state index in [1.165, 1.54) is 28.4 Å². The molecule has 23 heavy (non-hydrogen) atoms. The number of thiophene rings is 1. The number of hydrogen-bond donors (Lipinski definition) is 1. The number of amides is 2. The van der Waals surface area contributed by atoms with Gasteiger partial charge in [-0.15, -0.1) is 11.3 Å². The average Bonchev–Trinajstić information content (AvgIpc) is 2.92. The highest BCUT2D eigenvalue weighted by Gasteiger charge is 2.18. The Labute approximate surface area is 146 Å². The lowest BCUT2D eigenvalue weighted by atomic mass is 10.1. The smallest absolute Gasteiger partial charge is 0.264 e. The molecule has 122 valence electrons. The summed E-state index contributed by atoms with van der Waals surface area (Å²) in [6.45, 7) is 1.71. The summed E-state index contributed by atoms with van der Waals surface area (Å²) in [5.41, 5.74) is 0.675. The zero-order valence-electron chi connectivity index (χ0n) is 12.7. The summed E-state index contributed by atoms with van der Waals surface area (Å²) in [6, 6.07) is 9.23. The third-order valence-corrected chi connectivity index (χ3v) is 4.85. The van der Waals surface area contributed by atoms with E-state index in [1.54, 1.807) is 38.2 Å². The first-order valence-electron chi connectivity index (χ1n) is 6.92. The van der Waals surface area contributed by atoms with Crippen molar-refractivity contribution in [1.29, 1.82) is 0 Å². The molecule has 0 unspecified atom stereocenters. The molecule has 1 heterocycles. The van der Waals surface area contributed by atoms with E-state index >= 15 is 0 Å². The van der Waals surface area contributed by atoms with Gasteiger partial charge >= 0.3 is 0 Å². The highest BCUT2D eigenvalue weighted by Crippen LogP contribution is 2.23. The average molecular weight is 399 g/mol. The van der Waals surface area contributed by atoms with Gasteiger partial charge in [-0.3, -0.25) is 9.59 Å². The van der Waals surface area contributed by atoms with E-state index in [-0.39, 0.29) is 30.2 Å². The molecule has 0 aliphatic carbocycles. The van der Waals surface area contributed by atoms with E-state index in [1.807, 2.05) is 0 Å². The molecule has 7 heteroatoms. The second kappa shape index (κ2) is 7.70. The molecule has 0 bridgehead atoms. The zero-order valence-corrected chi connectivity index (χ0v) is 15.1. The summed E-state index contributed by atoms with van der Waals surface area (Å²) in [6.07, 6.45) is 0. The van der Waals surface area contributed by atoms with Gasteiger partial charge in [0.15, 0.2) is 0 Å². The molecule has 0 saturated heterocycles. The number of nitrogens with zero attached hydrogens (tertiary/aromatic N) is 1. The molecule has 0 fully saturated rings. The molecule has 0 radical (unpaired) electrons. The quantitative estimate of drug-likeness (QED) is 0.836. The molecule has 0 spiro atoms. The number of carbonyl (C=O) groups excluding carboxylic acids is 2. The van der Waals surface area contributed by atoms with Crippen LogP contribution in [0.4, 0.5) is 4.39 Å². The monoisotopic (exact) mass is 398 g/mol. The topological polar surface area (TPSA) is 49.4 Å². The number of carbonyl (C=O) groups is 2. The van der Waals surface area contributed by atoms with Crippen LogP contribution < -0.4 is 5.32 Å². The first kappa shape index (κ1) is 17.6. The van der Waals surface area contributed by atoms with Crippen LogP contribution in [-0.2, 0) is 4.79 Å². The largest absolute Gasteiger partial charge is 0.348 e. The lowest BCUT2D eigenvalue weighted by molar-refractivity contribution is -0.122. The predicted octanol–water partition coefficient (Wildman–Crippen LogP) is 3.60. The molecule has 1 aromatic carbocycles. The van der Waals surface area contributed by atoms with E-state index in [4.69, 9.17) is 0 Å². The number of nitrogens with one attached hydrogen (secondary N) is 1. The lowest BCUT2D eigenvalue weighted by Gasteiger charge is -2.19. The summed E-state index contributed by atoms with van der Waals surface area (Å²) < 4.78 is 14.1. The van der Waals surface area contributed by atoms with Crippen LogP contribution in [0.15, 0.2) is 40.2 Å². The van der Waals surface area contributed by atoms with Crippen molar-refractivity contribution in [3.05, 3.63) is 56.4 Å². The summed E-state index contributed by atoms with van der Waals surface area (Å²) in [4.78, 5) is 26.2. The second-order valence-electron chi connectivity index (χ2n) is 5.11. The summed E-state index contributed by atoms with van der Waals surface area (Å²) >= 11 is 4.62. The molecule has 2 amide bonds. The van der Waals surface area contributed by atoms with E-state index < -0.39 is 0 Å². The van der Waals surface area contributed by atoms with Crippen LogP contribution in [0.5, 0.6) is 0 Å².